The minimum Gasteiger partial charge on any atom is -0.481 e. The van der Waals surface area contributed by atoms with Gasteiger partial charge in [0.2, 0.25) is 10.0 Å². The van der Waals surface area contributed by atoms with Gasteiger partial charge in [0.05, 0.1) is 11.7 Å². The lowest BCUT2D eigenvalue weighted by Gasteiger charge is -2.15. The van der Waals surface area contributed by atoms with Crippen molar-refractivity contribution in [3.63, 3.8) is 0 Å². The zero-order chi connectivity index (χ0) is 16.7. The first kappa shape index (κ1) is 20.2. The number of aliphatic carboxylic acids is 1. The van der Waals surface area contributed by atoms with Gasteiger partial charge >= 0.3 is 12.1 Å². The van der Waals surface area contributed by atoms with Crippen LogP contribution in [0.2, 0.25) is 0 Å². The van der Waals surface area contributed by atoms with Crippen LogP contribution in [0.4, 0.5) is 13.2 Å². The Morgan fingerprint density at radius 2 is 1.76 bits per heavy atom. The molecule has 0 saturated carbocycles. The van der Waals surface area contributed by atoms with Gasteiger partial charge < -0.3 is 5.11 Å². The molecule has 2 N–H and O–H groups in total. The van der Waals surface area contributed by atoms with Crippen LogP contribution in [-0.4, -0.2) is 37.5 Å². The van der Waals surface area contributed by atoms with E-state index in [1.807, 2.05) is 0 Å². The van der Waals surface area contributed by atoms with Gasteiger partial charge in [0.1, 0.15) is 0 Å². The number of carboxylic acids is 1. The van der Waals surface area contributed by atoms with Crippen LogP contribution in [0.3, 0.4) is 0 Å². The Hall–Kier alpha value is -0.830. The highest BCUT2D eigenvalue weighted by Crippen LogP contribution is 2.21. The van der Waals surface area contributed by atoms with Gasteiger partial charge in [0.15, 0.2) is 0 Å². The highest BCUT2D eigenvalue weighted by molar-refractivity contribution is 7.89. The molecule has 0 rings (SSSR count). The third-order valence-corrected chi connectivity index (χ3v) is 4.54. The smallest absolute Gasteiger partial charge is 0.389 e. The summed E-state index contributed by atoms with van der Waals surface area (Å²) in [5.74, 6) is -1.97. The van der Waals surface area contributed by atoms with Gasteiger partial charge in [0, 0.05) is 12.5 Å². The fourth-order valence-corrected chi connectivity index (χ4v) is 3.11. The predicted octanol–water partition coefficient (Wildman–Crippen LogP) is 2.53. The Morgan fingerprint density at radius 3 is 2.24 bits per heavy atom. The van der Waals surface area contributed by atoms with Crippen molar-refractivity contribution in [3.05, 3.63) is 0 Å². The second kappa shape index (κ2) is 8.57. The van der Waals surface area contributed by atoms with Crippen molar-refractivity contribution in [1.82, 2.24) is 4.72 Å². The van der Waals surface area contributed by atoms with Crippen LogP contribution < -0.4 is 4.72 Å². The molecule has 0 radical (unpaired) electrons. The highest BCUT2D eigenvalue weighted by Gasteiger charge is 2.27. The predicted molar refractivity (Wildman–Crippen MR) is 72.3 cm³/mol. The lowest BCUT2D eigenvalue weighted by molar-refractivity contribution is -0.141. The van der Waals surface area contributed by atoms with Crippen LogP contribution in [0, 0.1) is 5.92 Å². The molecule has 0 aromatic heterocycles. The van der Waals surface area contributed by atoms with Gasteiger partial charge in [-0.1, -0.05) is 13.3 Å². The van der Waals surface area contributed by atoms with E-state index in [-0.39, 0.29) is 0 Å². The molecule has 0 spiro atoms. The highest BCUT2D eigenvalue weighted by atomic mass is 32.2. The molecule has 0 aliphatic rings. The van der Waals surface area contributed by atoms with Crippen LogP contribution >= 0.6 is 0 Å². The third kappa shape index (κ3) is 11.5. The molecule has 0 aliphatic carbocycles. The molecule has 2 atom stereocenters. The van der Waals surface area contributed by atoms with Gasteiger partial charge in [0.25, 0.3) is 0 Å². The maximum absolute atomic E-state index is 11.9. The lowest BCUT2D eigenvalue weighted by Crippen LogP contribution is -2.34. The first-order valence-electron chi connectivity index (χ1n) is 6.72. The summed E-state index contributed by atoms with van der Waals surface area (Å²) in [5, 5.41) is 8.69. The number of halogens is 3. The molecule has 2 unspecified atom stereocenters. The number of carboxylic acid groups (broad SMARTS) is 1. The van der Waals surface area contributed by atoms with Gasteiger partial charge in [-0.2, -0.15) is 13.2 Å². The number of hydrogen-bond donors (Lipinski definition) is 2. The molecule has 0 heterocycles. The number of alkyl halides is 3. The quantitative estimate of drug-likeness (QED) is 0.643. The van der Waals surface area contributed by atoms with E-state index in [0.29, 0.717) is 19.3 Å². The molecule has 0 aliphatic heterocycles. The zero-order valence-corrected chi connectivity index (χ0v) is 12.9. The van der Waals surface area contributed by atoms with Crippen LogP contribution in [0.5, 0.6) is 0 Å². The first-order valence-corrected chi connectivity index (χ1v) is 8.38. The van der Waals surface area contributed by atoms with E-state index in [1.165, 1.54) is 0 Å². The topological polar surface area (TPSA) is 83.5 Å². The lowest BCUT2D eigenvalue weighted by atomic mass is 10.0. The van der Waals surface area contributed by atoms with Gasteiger partial charge in [-0.15, -0.1) is 0 Å². The summed E-state index contributed by atoms with van der Waals surface area (Å²) in [6.07, 6.45) is -4.56. The summed E-state index contributed by atoms with van der Waals surface area (Å²) >= 11 is 0. The molecule has 5 nitrogen and oxygen atoms in total. The van der Waals surface area contributed by atoms with Gasteiger partial charge in [-0.25, -0.2) is 13.1 Å². The summed E-state index contributed by atoms with van der Waals surface area (Å²) in [5.41, 5.74) is 0. The third-order valence-electron chi connectivity index (χ3n) is 2.95. The molecule has 126 valence electrons. The molecule has 9 heteroatoms. The Labute approximate surface area is 123 Å². The SMILES string of the molecule is CC(CCCC(C)C(=O)O)NS(=O)(=O)CCCC(F)(F)F. The normalized spacial score (nSPS) is 15.7. The van der Waals surface area contributed by atoms with E-state index >= 15 is 0 Å². The van der Waals surface area contributed by atoms with Crippen molar-refractivity contribution < 1.29 is 31.5 Å². The van der Waals surface area contributed by atoms with Crippen molar-refractivity contribution in [2.75, 3.05) is 5.75 Å². The molecular formula is C12H22F3NO4S. The average Bonchev–Trinajstić information content (AvgIpc) is 2.25. The zero-order valence-electron chi connectivity index (χ0n) is 12.1. The van der Waals surface area contributed by atoms with E-state index in [1.54, 1.807) is 13.8 Å². The summed E-state index contributed by atoms with van der Waals surface area (Å²) in [6, 6.07) is -0.429. The van der Waals surface area contributed by atoms with Crippen LogP contribution in [0.1, 0.15) is 46.0 Å². The van der Waals surface area contributed by atoms with E-state index in [4.69, 9.17) is 5.11 Å². The summed E-state index contributed by atoms with van der Waals surface area (Å²) in [6.45, 7) is 3.17. The molecular weight excluding hydrogens is 311 g/mol. The number of rotatable bonds is 10. The molecule has 0 saturated heterocycles. The molecule has 0 fully saturated rings. The van der Waals surface area contributed by atoms with Crippen molar-refractivity contribution in [2.24, 2.45) is 5.92 Å². The standard InChI is InChI=1S/C12H22F3NO4S/c1-9(11(17)18)5-3-6-10(2)16-21(19,20)8-4-7-12(13,14)15/h9-10,16H,3-8H2,1-2H3,(H,17,18). The minimum absolute atomic E-state index is 0.426. The largest absolute Gasteiger partial charge is 0.481 e. The summed E-state index contributed by atoms with van der Waals surface area (Å²) in [4.78, 5) is 10.6. The Morgan fingerprint density at radius 1 is 1.19 bits per heavy atom. The number of nitrogens with one attached hydrogen (secondary N) is 1. The van der Waals surface area contributed by atoms with Gasteiger partial charge in [-0.3, -0.25) is 4.79 Å². The molecule has 0 bridgehead atoms. The van der Waals surface area contributed by atoms with Crippen LogP contribution in [0.15, 0.2) is 0 Å². The van der Waals surface area contributed by atoms with Crippen molar-refractivity contribution >= 4 is 16.0 Å². The number of hydrogen-bond acceptors (Lipinski definition) is 3. The first-order chi connectivity index (χ1) is 9.43. The van der Waals surface area contributed by atoms with E-state index in [0.717, 1.165) is 0 Å². The van der Waals surface area contributed by atoms with E-state index < -0.39 is 52.7 Å². The van der Waals surface area contributed by atoms with Crippen molar-refractivity contribution in [2.45, 2.75) is 58.2 Å². The molecule has 21 heavy (non-hydrogen) atoms. The summed E-state index contributed by atoms with van der Waals surface area (Å²) < 4.78 is 61.2. The van der Waals surface area contributed by atoms with E-state index in [9.17, 15) is 26.4 Å². The minimum atomic E-state index is -4.35. The number of carbonyl (C=O) groups is 1. The fourth-order valence-electron chi connectivity index (χ4n) is 1.74. The van der Waals surface area contributed by atoms with Crippen molar-refractivity contribution in [1.29, 1.82) is 0 Å². The summed E-state index contributed by atoms with van der Waals surface area (Å²) in [7, 11) is -3.74. The Balaban J connectivity index is 4.01. The molecule has 0 amide bonds. The van der Waals surface area contributed by atoms with Crippen LogP contribution in [0.25, 0.3) is 0 Å². The second-order valence-electron chi connectivity index (χ2n) is 5.23. The fraction of sp³-hybridized carbons (Fsp3) is 0.917. The maximum Gasteiger partial charge on any atom is 0.389 e. The Bertz CT molecular complexity index is 423. The average molecular weight is 333 g/mol. The molecule has 0 aromatic rings. The van der Waals surface area contributed by atoms with Gasteiger partial charge in [-0.05, 0) is 26.2 Å². The molecule has 0 aromatic carbocycles. The Kier molecular flexibility index (Phi) is 8.23. The monoisotopic (exact) mass is 333 g/mol. The van der Waals surface area contributed by atoms with E-state index in [2.05, 4.69) is 4.72 Å². The second-order valence-corrected chi connectivity index (χ2v) is 7.10. The maximum atomic E-state index is 11.9. The number of sulfonamides is 1. The van der Waals surface area contributed by atoms with Crippen LogP contribution in [-0.2, 0) is 14.8 Å². The van der Waals surface area contributed by atoms with Crippen molar-refractivity contribution in [3.8, 4) is 0 Å².